The molecule has 1 aromatic rings. The van der Waals surface area contributed by atoms with Crippen LogP contribution < -0.4 is 5.32 Å². The van der Waals surface area contributed by atoms with E-state index in [-0.39, 0.29) is 30.3 Å². The molecule has 27 heavy (non-hydrogen) atoms. The van der Waals surface area contributed by atoms with E-state index in [0.29, 0.717) is 38.2 Å². The molecule has 8 nitrogen and oxygen atoms in total. The number of halogens is 1. The highest BCUT2D eigenvalue weighted by molar-refractivity contribution is 5.85. The van der Waals surface area contributed by atoms with Crippen LogP contribution in [0.1, 0.15) is 50.7 Å². The number of nitrogens with one attached hydrogen (secondary N) is 1. The molecule has 152 valence electrons. The lowest BCUT2D eigenvalue weighted by atomic mass is 10.0. The number of piperazine rings is 1. The van der Waals surface area contributed by atoms with Crippen molar-refractivity contribution in [2.75, 3.05) is 32.7 Å². The first-order valence-corrected chi connectivity index (χ1v) is 9.76. The van der Waals surface area contributed by atoms with E-state index in [1.54, 1.807) is 0 Å². The summed E-state index contributed by atoms with van der Waals surface area (Å²) in [5, 5.41) is 7.04. The summed E-state index contributed by atoms with van der Waals surface area (Å²) in [4.78, 5) is 32.8. The molecule has 2 saturated heterocycles. The van der Waals surface area contributed by atoms with E-state index in [0.717, 1.165) is 51.1 Å². The molecule has 1 unspecified atom stereocenters. The highest BCUT2D eigenvalue weighted by Gasteiger charge is 2.31. The molecule has 9 heteroatoms. The van der Waals surface area contributed by atoms with Crippen LogP contribution >= 0.6 is 12.4 Å². The summed E-state index contributed by atoms with van der Waals surface area (Å²) in [6.07, 6.45) is 5.57. The maximum Gasteiger partial charge on any atom is 0.236 e. The van der Waals surface area contributed by atoms with Gasteiger partial charge >= 0.3 is 0 Å². The third-order valence-electron chi connectivity index (χ3n) is 5.08. The number of carbonyl (C=O) groups excluding carboxylic acids is 2. The molecule has 2 amide bonds. The zero-order valence-corrected chi connectivity index (χ0v) is 16.8. The summed E-state index contributed by atoms with van der Waals surface area (Å²) in [5.41, 5.74) is 0. The molecule has 2 fully saturated rings. The number of likely N-dealkylation sites (tertiary alicyclic amines) is 1. The Hall–Kier alpha value is -1.67. The van der Waals surface area contributed by atoms with Gasteiger partial charge < -0.3 is 19.6 Å². The molecule has 1 atom stereocenters. The summed E-state index contributed by atoms with van der Waals surface area (Å²) < 4.78 is 5.22. The average molecular weight is 400 g/mol. The van der Waals surface area contributed by atoms with Crippen LogP contribution in [-0.2, 0) is 22.4 Å². The lowest BCUT2D eigenvalue weighted by Gasteiger charge is -2.41. The molecule has 0 aliphatic carbocycles. The second-order valence-electron chi connectivity index (χ2n) is 7.11. The largest absolute Gasteiger partial charge is 0.341 e. The van der Waals surface area contributed by atoms with Gasteiger partial charge in [0.05, 0.1) is 6.54 Å². The molecular formula is C18H30ClN5O3. The van der Waals surface area contributed by atoms with E-state index in [1.165, 1.54) is 0 Å². The highest BCUT2D eigenvalue weighted by Crippen LogP contribution is 2.18. The number of rotatable bonds is 7. The van der Waals surface area contributed by atoms with Crippen molar-refractivity contribution < 1.29 is 14.1 Å². The predicted octanol–water partition coefficient (Wildman–Crippen LogP) is 1.19. The first kappa shape index (κ1) is 21.6. The van der Waals surface area contributed by atoms with Gasteiger partial charge in [-0.25, -0.2) is 0 Å². The van der Waals surface area contributed by atoms with Crippen molar-refractivity contribution in [1.29, 1.82) is 0 Å². The van der Waals surface area contributed by atoms with E-state index in [1.807, 2.05) is 9.80 Å². The van der Waals surface area contributed by atoms with Crippen LogP contribution in [0.5, 0.6) is 0 Å². The van der Waals surface area contributed by atoms with Crippen LogP contribution in [0.2, 0.25) is 0 Å². The van der Waals surface area contributed by atoms with E-state index < -0.39 is 0 Å². The molecule has 3 rings (SSSR count). The molecule has 1 N–H and O–H groups in total. The lowest BCUT2D eigenvalue weighted by molar-refractivity contribution is -0.140. The van der Waals surface area contributed by atoms with Gasteiger partial charge in [0.1, 0.15) is 0 Å². The summed E-state index contributed by atoms with van der Waals surface area (Å²) in [6.45, 7) is 5.51. The first-order valence-electron chi connectivity index (χ1n) is 9.76. The maximum absolute atomic E-state index is 12.5. The number of hydrogen-bond donors (Lipinski definition) is 1. The molecule has 2 aliphatic heterocycles. The number of piperidine rings is 1. The lowest BCUT2D eigenvalue weighted by Crippen LogP contribution is -2.57. The van der Waals surface area contributed by atoms with Crippen molar-refractivity contribution in [3.63, 3.8) is 0 Å². The minimum absolute atomic E-state index is 0. The second kappa shape index (κ2) is 10.6. The Labute approximate surface area is 166 Å². The molecule has 0 bridgehead atoms. The van der Waals surface area contributed by atoms with Gasteiger partial charge in [0.15, 0.2) is 5.82 Å². The van der Waals surface area contributed by atoms with Crippen molar-refractivity contribution in [2.45, 2.75) is 57.9 Å². The van der Waals surface area contributed by atoms with Crippen LogP contribution in [0, 0.1) is 0 Å². The van der Waals surface area contributed by atoms with Crippen LogP contribution in [0.4, 0.5) is 0 Å². The molecule has 0 saturated carbocycles. The SMILES string of the molecule is CCCc1noc(CCCC(=O)N2CCCC(N3CCNCC3=O)C2)n1.Cl. The van der Waals surface area contributed by atoms with Crippen LogP contribution in [0.15, 0.2) is 4.52 Å². The Balaban J connectivity index is 0.00000261. The summed E-state index contributed by atoms with van der Waals surface area (Å²) >= 11 is 0. The van der Waals surface area contributed by atoms with Crippen molar-refractivity contribution in [3.05, 3.63) is 11.7 Å². The Morgan fingerprint density at radius 2 is 2.19 bits per heavy atom. The molecule has 0 spiro atoms. The highest BCUT2D eigenvalue weighted by atomic mass is 35.5. The fraction of sp³-hybridized carbons (Fsp3) is 0.778. The van der Waals surface area contributed by atoms with Gasteiger partial charge in [-0.3, -0.25) is 9.59 Å². The van der Waals surface area contributed by atoms with Gasteiger partial charge in [0.2, 0.25) is 17.7 Å². The van der Waals surface area contributed by atoms with Crippen molar-refractivity contribution in [1.82, 2.24) is 25.3 Å². The number of hydrogen-bond acceptors (Lipinski definition) is 6. The van der Waals surface area contributed by atoms with Gasteiger partial charge in [-0.1, -0.05) is 12.1 Å². The predicted molar refractivity (Wildman–Crippen MR) is 103 cm³/mol. The van der Waals surface area contributed by atoms with Crippen LogP contribution in [0.25, 0.3) is 0 Å². The van der Waals surface area contributed by atoms with Gasteiger partial charge in [0.25, 0.3) is 0 Å². The number of nitrogens with zero attached hydrogens (tertiary/aromatic N) is 4. The number of aromatic nitrogens is 2. The number of amides is 2. The van der Waals surface area contributed by atoms with Crippen LogP contribution in [0.3, 0.4) is 0 Å². The normalized spacial score (nSPS) is 20.5. The van der Waals surface area contributed by atoms with Crippen molar-refractivity contribution >= 4 is 24.2 Å². The average Bonchev–Trinajstić information content (AvgIpc) is 3.10. The molecule has 0 aromatic carbocycles. The third-order valence-corrected chi connectivity index (χ3v) is 5.08. The third kappa shape index (κ3) is 5.90. The van der Waals surface area contributed by atoms with E-state index >= 15 is 0 Å². The fourth-order valence-electron chi connectivity index (χ4n) is 3.71. The summed E-state index contributed by atoms with van der Waals surface area (Å²) in [5.74, 6) is 1.66. The standard InChI is InChI=1S/C18H29N5O3.ClH/c1-2-5-15-20-16(26-21-15)7-3-8-17(24)22-10-4-6-14(13-22)23-11-9-19-12-18(23)25;/h14,19H,2-13H2,1H3;1H. The van der Waals surface area contributed by atoms with E-state index in [2.05, 4.69) is 22.4 Å². The van der Waals surface area contributed by atoms with Crippen LogP contribution in [-0.4, -0.2) is 70.5 Å². The van der Waals surface area contributed by atoms with Crippen molar-refractivity contribution in [2.24, 2.45) is 0 Å². The summed E-state index contributed by atoms with van der Waals surface area (Å²) in [6, 6.07) is 0.162. The minimum atomic E-state index is 0. The Morgan fingerprint density at radius 3 is 2.96 bits per heavy atom. The van der Waals surface area contributed by atoms with Crippen molar-refractivity contribution in [3.8, 4) is 0 Å². The number of carbonyl (C=O) groups is 2. The smallest absolute Gasteiger partial charge is 0.236 e. The molecular weight excluding hydrogens is 370 g/mol. The monoisotopic (exact) mass is 399 g/mol. The molecule has 1 aromatic heterocycles. The molecule has 3 heterocycles. The Bertz CT molecular complexity index is 624. The maximum atomic E-state index is 12.5. The minimum Gasteiger partial charge on any atom is -0.341 e. The zero-order valence-electron chi connectivity index (χ0n) is 16.0. The Kier molecular flexibility index (Phi) is 8.50. The van der Waals surface area contributed by atoms with E-state index in [9.17, 15) is 9.59 Å². The quantitative estimate of drug-likeness (QED) is 0.740. The van der Waals surface area contributed by atoms with Gasteiger partial charge in [-0.05, 0) is 25.7 Å². The first-order chi connectivity index (χ1) is 12.7. The van der Waals surface area contributed by atoms with Gasteiger partial charge in [-0.2, -0.15) is 4.98 Å². The Morgan fingerprint density at radius 1 is 1.33 bits per heavy atom. The van der Waals surface area contributed by atoms with Gasteiger partial charge in [0, 0.05) is 51.5 Å². The second-order valence-corrected chi connectivity index (χ2v) is 7.11. The number of aryl methyl sites for hydroxylation is 2. The zero-order chi connectivity index (χ0) is 18.4. The fourth-order valence-corrected chi connectivity index (χ4v) is 3.71. The molecule has 2 aliphatic rings. The van der Waals surface area contributed by atoms with E-state index in [4.69, 9.17) is 4.52 Å². The molecule has 0 radical (unpaired) electrons. The van der Waals surface area contributed by atoms with Gasteiger partial charge in [-0.15, -0.1) is 12.4 Å². The topological polar surface area (TPSA) is 91.6 Å². The summed E-state index contributed by atoms with van der Waals surface area (Å²) in [7, 11) is 0.